The molecule has 1 atom stereocenters. The highest BCUT2D eigenvalue weighted by Crippen LogP contribution is 2.21. The fourth-order valence-corrected chi connectivity index (χ4v) is 1.98. The van der Waals surface area contributed by atoms with Gasteiger partial charge in [0.2, 0.25) is 0 Å². The molecule has 0 aliphatic heterocycles. The summed E-state index contributed by atoms with van der Waals surface area (Å²) in [5, 5.41) is 9.26. The van der Waals surface area contributed by atoms with Gasteiger partial charge in [0.25, 0.3) is 0 Å². The first-order chi connectivity index (χ1) is 8.69. The summed E-state index contributed by atoms with van der Waals surface area (Å²) < 4.78 is 12.8. The first kappa shape index (κ1) is 12.3. The smallest absolute Gasteiger partial charge is 0.123 e. The molecule has 2 rings (SSSR count). The number of nitriles is 1. The minimum absolute atomic E-state index is 0.185. The Morgan fingerprint density at radius 1 is 1.17 bits per heavy atom. The maximum Gasteiger partial charge on any atom is 0.123 e. The second-order valence-electron chi connectivity index (χ2n) is 4.43. The van der Waals surface area contributed by atoms with Gasteiger partial charge in [-0.1, -0.05) is 42.0 Å². The number of benzene rings is 2. The summed E-state index contributed by atoms with van der Waals surface area (Å²) in [4.78, 5) is 0. The third-order valence-electron chi connectivity index (χ3n) is 2.95. The summed E-state index contributed by atoms with van der Waals surface area (Å²) in [6.07, 6.45) is 0.611. The van der Waals surface area contributed by atoms with E-state index in [4.69, 9.17) is 0 Å². The van der Waals surface area contributed by atoms with Crippen molar-refractivity contribution in [3.8, 4) is 6.07 Å². The average Bonchev–Trinajstić information content (AvgIpc) is 2.38. The summed E-state index contributed by atoms with van der Waals surface area (Å²) in [6, 6.07) is 16.6. The minimum Gasteiger partial charge on any atom is -0.207 e. The van der Waals surface area contributed by atoms with Crippen molar-refractivity contribution in [2.45, 2.75) is 19.3 Å². The largest absolute Gasteiger partial charge is 0.207 e. The molecule has 0 aliphatic carbocycles. The highest BCUT2D eigenvalue weighted by Gasteiger charge is 2.11. The van der Waals surface area contributed by atoms with Crippen molar-refractivity contribution in [1.29, 1.82) is 5.26 Å². The van der Waals surface area contributed by atoms with Crippen molar-refractivity contribution in [3.63, 3.8) is 0 Å². The van der Waals surface area contributed by atoms with Crippen LogP contribution in [0.3, 0.4) is 0 Å². The van der Waals surface area contributed by atoms with Crippen LogP contribution in [0.4, 0.5) is 4.39 Å². The predicted molar refractivity (Wildman–Crippen MR) is 69.6 cm³/mol. The van der Waals surface area contributed by atoms with E-state index in [2.05, 4.69) is 6.07 Å². The van der Waals surface area contributed by atoms with Gasteiger partial charge in [-0.3, -0.25) is 0 Å². The molecule has 0 amide bonds. The van der Waals surface area contributed by atoms with Crippen LogP contribution in [0.15, 0.2) is 48.5 Å². The van der Waals surface area contributed by atoms with E-state index in [1.807, 2.05) is 31.2 Å². The molecule has 90 valence electrons. The van der Waals surface area contributed by atoms with E-state index in [0.717, 1.165) is 16.7 Å². The molecule has 0 saturated heterocycles. The molecule has 0 spiro atoms. The zero-order valence-corrected chi connectivity index (χ0v) is 10.2. The van der Waals surface area contributed by atoms with Crippen molar-refractivity contribution in [2.75, 3.05) is 0 Å². The van der Waals surface area contributed by atoms with Crippen LogP contribution in [0.25, 0.3) is 0 Å². The van der Waals surface area contributed by atoms with Crippen LogP contribution in [0.2, 0.25) is 0 Å². The maximum atomic E-state index is 12.8. The molecule has 0 saturated carbocycles. The number of halogens is 1. The fraction of sp³-hybridized carbons (Fsp3) is 0.188. The quantitative estimate of drug-likeness (QED) is 0.794. The summed E-state index contributed by atoms with van der Waals surface area (Å²) in [6.45, 7) is 2.01. The second-order valence-corrected chi connectivity index (χ2v) is 4.43. The molecule has 0 N–H and O–H groups in total. The third kappa shape index (κ3) is 2.95. The van der Waals surface area contributed by atoms with Gasteiger partial charge in [-0.15, -0.1) is 0 Å². The van der Waals surface area contributed by atoms with Crippen LogP contribution >= 0.6 is 0 Å². The molecule has 1 nitrogen and oxygen atoms in total. The van der Waals surface area contributed by atoms with Gasteiger partial charge in [-0.2, -0.15) is 5.26 Å². The molecule has 18 heavy (non-hydrogen) atoms. The van der Waals surface area contributed by atoms with Crippen LogP contribution in [-0.2, 0) is 6.42 Å². The lowest BCUT2D eigenvalue weighted by atomic mass is 9.92. The van der Waals surface area contributed by atoms with Gasteiger partial charge in [-0.25, -0.2) is 4.39 Å². The molecule has 0 aliphatic rings. The van der Waals surface area contributed by atoms with Gasteiger partial charge in [0.15, 0.2) is 0 Å². The Morgan fingerprint density at radius 3 is 2.50 bits per heavy atom. The molecule has 0 fully saturated rings. The lowest BCUT2D eigenvalue weighted by Crippen LogP contribution is -2.00. The molecule has 1 unspecified atom stereocenters. The molecular weight excluding hydrogens is 225 g/mol. The van der Waals surface area contributed by atoms with Crippen LogP contribution < -0.4 is 0 Å². The highest BCUT2D eigenvalue weighted by atomic mass is 19.1. The Kier molecular flexibility index (Phi) is 3.74. The number of nitrogens with zero attached hydrogens (tertiary/aromatic N) is 1. The van der Waals surface area contributed by atoms with Crippen molar-refractivity contribution >= 4 is 0 Å². The lowest BCUT2D eigenvalue weighted by Gasteiger charge is -2.10. The molecular formula is C16H14FN. The lowest BCUT2D eigenvalue weighted by molar-refractivity contribution is 0.626. The Labute approximate surface area is 107 Å². The zero-order chi connectivity index (χ0) is 13.0. The van der Waals surface area contributed by atoms with Gasteiger partial charge in [0.05, 0.1) is 12.0 Å². The molecule has 0 radical (unpaired) electrons. The second kappa shape index (κ2) is 5.46. The summed E-state index contributed by atoms with van der Waals surface area (Å²) in [5.41, 5.74) is 3.14. The monoisotopic (exact) mass is 239 g/mol. The van der Waals surface area contributed by atoms with Crippen LogP contribution in [0, 0.1) is 24.1 Å². The fourth-order valence-electron chi connectivity index (χ4n) is 1.98. The van der Waals surface area contributed by atoms with Crippen LogP contribution in [-0.4, -0.2) is 0 Å². The molecule has 0 heterocycles. The van der Waals surface area contributed by atoms with Gasteiger partial charge in [0.1, 0.15) is 5.82 Å². The Balaban J connectivity index is 2.20. The summed E-state index contributed by atoms with van der Waals surface area (Å²) >= 11 is 0. The molecule has 0 bridgehead atoms. The molecule has 2 aromatic carbocycles. The normalized spacial score (nSPS) is 11.8. The van der Waals surface area contributed by atoms with Gasteiger partial charge in [-0.05, 0) is 36.6 Å². The number of hydrogen-bond donors (Lipinski definition) is 0. The van der Waals surface area contributed by atoms with Crippen molar-refractivity contribution in [1.82, 2.24) is 0 Å². The standard InChI is InChI=1S/C16H14FN/c1-12-3-2-4-14(9-12)15(11-18)10-13-5-7-16(17)8-6-13/h2-9,15H,10H2,1H3. The predicted octanol–water partition coefficient (Wildman–Crippen LogP) is 3.98. The van der Waals surface area contributed by atoms with Gasteiger partial charge >= 0.3 is 0 Å². The van der Waals surface area contributed by atoms with E-state index in [-0.39, 0.29) is 11.7 Å². The number of rotatable bonds is 3. The summed E-state index contributed by atoms with van der Waals surface area (Å²) in [7, 11) is 0. The van der Waals surface area contributed by atoms with E-state index < -0.39 is 0 Å². The Bertz CT molecular complexity index is 566. The first-order valence-electron chi connectivity index (χ1n) is 5.89. The Hall–Kier alpha value is -2.14. The van der Waals surface area contributed by atoms with E-state index in [0.29, 0.717) is 6.42 Å². The highest BCUT2D eigenvalue weighted by molar-refractivity contribution is 5.31. The van der Waals surface area contributed by atoms with Crippen molar-refractivity contribution < 1.29 is 4.39 Å². The van der Waals surface area contributed by atoms with E-state index in [1.54, 1.807) is 12.1 Å². The van der Waals surface area contributed by atoms with Gasteiger partial charge < -0.3 is 0 Å². The number of hydrogen-bond acceptors (Lipinski definition) is 1. The SMILES string of the molecule is Cc1cccc(C(C#N)Cc2ccc(F)cc2)c1. The zero-order valence-electron chi connectivity index (χ0n) is 10.2. The van der Waals surface area contributed by atoms with E-state index in [9.17, 15) is 9.65 Å². The maximum absolute atomic E-state index is 12.8. The minimum atomic E-state index is -0.247. The molecule has 2 aromatic rings. The van der Waals surface area contributed by atoms with E-state index >= 15 is 0 Å². The molecule has 2 heteroatoms. The van der Waals surface area contributed by atoms with Crippen LogP contribution in [0.1, 0.15) is 22.6 Å². The summed E-state index contributed by atoms with van der Waals surface area (Å²) in [5.74, 6) is -0.432. The van der Waals surface area contributed by atoms with Crippen molar-refractivity contribution in [3.05, 3.63) is 71.0 Å². The Morgan fingerprint density at radius 2 is 1.89 bits per heavy atom. The van der Waals surface area contributed by atoms with Crippen LogP contribution in [0.5, 0.6) is 0 Å². The average molecular weight is 239 g/mol. The molecule has 0 aromatic heterocycles. The third-order valence-corrected chi connectivity index (χ3v) is 2.95. The number of aryl methyl sites for hydroxylation is 1. The first-order valence-corrected chi connectivity index (χ1v) is 5.89. The topological polar surface area (TPSA) is 23.8 Å². The van der Waals surface area contributed by atoms with Gasteiger partial charge in [0, 0.05) is 0 Å². The van der Waals surface area contributed by atoms with E-state index in [1.165, 1.54) is 12.1 Å². The van der Waals surface area contributed by atoms with Crippen molar-refractivity contribution in [2.24, 2.45) is 0 Å².